The quantitative estimate of drug-likeness (QED) is 0.356. The summed E-state index contributed by atoms with van der Waals surface area (Å²) in [5, 5.41) is 0. The lowest BCUT2D eigenvalue weighted by Gasteiger charge is -2.19. The summed E-state index contributed by atoms with van der Waals surface area (Å²) in [6, 6.07) is 32.2. The first kappa shape index (κ1) is 26.9. The van der Waals surface area contributed by atoms with E-state index >= 15 is 0 Å². The molecule has 0 amide bonds. The molecule has 0 radical (unpaired) electrons. The fourth-order valence-electron chi connectivity index (χ4n) is 4.33. The fraction of sp³-hybridized carbons (Fsp3) is 0.455. The largest absolute Gasteiger partial charge is 0.0625 e. The second-order valence-corrected chi connectivity index (χ2v) is 10.7. The molecule has 1 atom stereocenters. The predicted molar refractivity (Wildman–Crippen MR) is 147 cm³/mol. The van der Waals surface area contributed by atoms with Gasteiger partial charge in [-0.3, -0.25) is 0 Å². The Hall–Kier alpha value is -2.34. The Morgan fingerprint density at radius 3 is 1.45 bits per heavy atom. The van der Waals surface area contributed by atoms with E-state index in [4.69, 9.17) is 0 Å². The molecule has 0 heterocycles. The van der Waals surface area contributed by atoms with E-state index in [0.29, 0.717) is 11.3 Å². The second kappa shape index (κ2) is 13.4. The zero-order valence-corrected chi connectivity index (χ0v) is 22.1. The molecular formula is C33H46. The highest BCUT2D eigenvalue weighted by Gasteiger charge is 2.46. The summed E-state index contributed by atoms with van der Waals surface area (Å²) < 4.78 is 0. The number of hydrogen-bond acceptors (Lipinski definition) is 0. The van der Waals surface area contributed by atoms with Crippen molar-refractivity contribution in [3.63, 3.8) is 0 Å². The molecular weight excluding hydrogens is 396 g/mol. The topological polar surface area (TPSA) is 0 Å². The van der Waals surface area contributed by atoms with Crippen LogP contribution in [0.15, 0.2) is 91.0 Å². The Morgan fingerprint density at radius 1 is 0.606 bits per heavy atom. The third-order valence-electron chi connectivity index (χ3n) is 7.05. The van der Waals surface area contributed by atoms with E-state index in [1.165, 1.54) is 30.4 Å². The van der Waals surface area contributed by atoms with Gasteiger partial charge in [-0.05, 0) is 65.0 Å². The summed E-state index contributed by atoms with van der Waals surface area (Å²) in [5.41, 5.74) is 4.97. The average Bonchev–Trinajstić information content (AvgIpc) is 3.63. The minimum absolute atomic E-state index is 0.543. The van der Waals surface area contributed by atoms with Crippen molar-refractivity contribution in [2.75, 3.05) is 0 Å². The van der Waals surface area contributed by atoms with Gasteiger partial charge >= 0.3 is 0 Å². The molecule has 0 nitrogen and oxygen atoms in total. The van der Waals surface area contributed by atoms with Crippen molar-refractivity contribution in [2.24, 2.45) is 17.8 Å². The molecule has 3 aromatic rings. The van der Waals surface area contributed by atoms with Gasteiger partial charge in [0.25, 0.3) is 0 Å². The van der Waals surface area contributed by atoms with E-state index in [2.05, 4.69) is 139 Å². The first-order chi connectivity index (χ1) is 15.8. The summed E-state index contributed by atoms with van der Waals surface area (Å²) in [6.45, 7) is 16.0. The molecule has 0 spiro atoms. The van der Waals surface area contributed by atoms with E-state index in [1.807, 2.05) is 0 Å². The van der Waals surface area contributed by atoms with E-state index in [0.717, 1.165) is 17.8 Å². The normalized spacial score (nSPS) is 14.7. The van der Waals surface area contributed by atoms with Gasteiger partial charge in [0, 0.05) is 0 Å². The summed E-state index contributed by atoms with van der Waals surface area (Å²) in [7, 11) is 0. The number of rotatable bonds is 6. The molecule has 0 N–H and O–H groups in total. The Labute approximate surface area is 204 Å². The molecule has 33 heavy (non-hydrogen) atoms. The van der Waals surface area contributed by atoms with Gasteiger partial charge in [0.1, 0.15) is 0 Å². The maximum Gasteiger partial charge on any atom is -0.00234 e. The van der Waals surface area contributed by atoms with Crippen LogP contribution >= 0.6 is 0 Å². The molecule has 1 aliphatic carbocycles. The highest BCUT2D eigenvalue weighted by atomic mass is 14.5. The minimum Gasteiger partial charge on any atom is -0.0625 e. The summed E-state index contributed by atoms with van der Waals surface area (Å²) in [4.78, 5) is 0. The van der Waals surface area contributed by atoms with Crippen LogP contribution in [0.3, 0.4) is 0 Å². The maximum absolute atomic E-state index is 2.33. The van der Waals surface area contributed by atoms with Crippen molar-refractivity contribution in [2.45, 2.75) is 79.1 Å². The van der Waals surface area contributed by atoms with Crippen LogP contribution in [0, 0.1) is 17.8 Å². The molecule has 1 saturated carbocycles. The lowest BCUT2D eigenvalue weighted by atomic mass is 9.85. The summed E-state index contributed by atoms with van der Waals surface area (Å²) in [6.07, 6.45) is 3.96. The molecule has 0 aliphatic heterocycles. The van der Waals surface area contributed by atoms with Gasteiger partial charge in [-0.15, -0.1) is 0 Å². The molecule has 0 bridgehead atoms. The minimum atomic E-state index is 0.543. The lowest BCUT2D eigenvalue weighted by Crippen LogP contribution is -2.14. The van der Waals surface area contributed by atoms with Crippen LogP contribution in [0.4, 0.5) is 0 Å². The van der Waals surface area contributed by atoms with Crippen molar-refractivity contribution in [1.82, 2.24) is 0 Å². The highest BCUT2D eigenvalue weighted by molar-refractivity contribution is 5.31. The Morgan fingerprint density at radius 2 is 1.06 bits per heavy atom. The third-order valence-corrected chi connectivity index (χ3v) is 7.05. The van der Waals surface area contributed by atoms with Crippen LogP contribution in [0.5, 0.6) is 0 Å². The first-order valence-corrected chi connectivity index (χ1v) is 12.9. The van der Waals surface area contributed by atoms with Gasteiger partial charge in [-0.2, -0.15) is 0 Å². The summed E-state index contributed by atoms with van der Waals surface area (Å²) in [5.74, 6) is 2.97. The molecule has 1 unspecified atom stereocenters. The molecule has 0 aromatic heterocycles. The molecule has 0 saturated heterocycles. The number of hydrogen-bond donors (Lipinski definition) is 0. The van der Waals surface area contributed by atoms with Gasteiger partial charge in [-0.1, -0.05) is 139 Å². The lowest BCUT2D eigenvalue weighted by molar-refractivity contribution is 0.481. The Kier molecular flexibility index (Phi) is 10.9. The fourth-order valence-corrected chi connectivity index (χ4v) is 4.33. The summed E-state index contributed by atoms with van der Waals surface area (Å²) >= 11 is 0. The van der Waals surface area contributed by atoms with Crippen LogP contribution in [0.1, 0.15) is 83.9 Å². The molecule has 3 aromatic carbocycles. The van der Waals surface area contributed by atoms with Crippen LogP contribution in [-0.4, -0.2) is 0 Å². The van der Waals surface area contributed by atoms with Crippen LogP contribution in [0.2, 0.25) is 0 Å². The molecule has 4 rings (SSSR count). The van der Waals surface area contributed by atoms with E-state index in [9.17, 15) is 0 Å². The van der Waals surface area contributed by atoms with Gasteiger partial charge in [0.2, 0.25) is 0 Å². The molecule has 1 aliphatic rings. The van der Waals surface area contributed by atoms with E-state index in [-0.39, 0.29) is 0 Å². The maximum atomic E-state index is 2.33. The number of benzene rings is 3. The van der Waals surface area contributed by atoms with Crippen molar-refractivity contribution in [3.05, 3.63) is 108 Å². The molecule has 1 fully saturated rings. The van der Waals surface area contributed by atoms with Crippen LogP contribution in [0.25, 0.3) is 0 Å². The third kappa shape index (κ3) is 8.84. The average molecular weight is 443 g/mol. The molecule has 178 valence electrons. The molecule has 0 heteroatoms. The zero-order valence-electron chi connectivity index (χ0n) is 22.1. The van der Waals surface area contributed by atoms with Crippen LogP contribution in [-0.2, 0) is 11.8 Å². The van der Waals surface area contributed by atoms with Gasteiger partial charge in [0.15, 0.2) is 0 Å². The van der Waals surface area contributed by atoms with E-state index in [1.54, 1.807) is 5.56 Å². The Balaban J connectivity index is 0.000000176. The van der Waals surface area contributed by atoms with Gasteiger partial charge < -0.3 is 0 Å². The van der Waals surface area contributed by atoms with Crippen molar-refractivity contribution in [3.8, 4) is 0 Å². The smallest absolute Gasteiger partial charge is 0.00234 e. The monoisotopic (exact) mass is 442 g/mol. The SMILES string of the molecule is CC(C)C(C)c1ccccc1.CC(C)C1(c2ccccc2)CC1.CC(C)Cc1ccccc1. The van der Waals surface area contributed by atoms with E-state index < -0.39 is 0 Å². The second-order valence-electron chi connectivity index (χ2n) is 10.7. The van der Waals surface area contributed by atoms with Gasteiger partial charge in [0.05, 0.1) is 0 Å². The van der Waals surface area contributed by atoms with Crippen molar-refractivity contribution in [1.29, 1.82) is 0 Å². The highest BCUT2D eigenvalue weighted by Crippen LogP contribution is 2.53. The predicted octanol–water partition coefficient (Wildman–Crippen LogP) is 9.71. The van der Waals surface area contributed by atoms with Crippen LogP contribution < -0.4 is 0 Å². The van der Waals surface area contributed by atoms with Gasteiger partial charge in [-0.25, -0.2) is 0 Å². The first-order valence-electron chi connectivity index (χ1n) is 12.9. The van der Waals surface area contributed by atoms with Crippen molar-refractivity contribution >= 4 is 0 Å². The zero-order chi connectivity index (χ0) is 24.3. The standard InChI is InChI=1S/C12H16.C11H16.C10H14/c1-10(2)12(8-9-12)11-6-4-3-5-7-11;1-9(2)10(3)11-7-5-4-6-8-11;1-9(2)8-10-6-4-3-5-7-10/h3-7,10H,8-9H2,1-2H3;4-10H,1-3H3;3-7,9H,8H2,1-2H3. The van der Waals surface area contributed by atoms with Crippen molar-refractivity contribution < 1.29 is 0 Å². The Bertz CT molecular complexity index is 871.